The molecule has 1 rings (SSSR count). The number of hydrogen-bond acceptors (Lipinski definition) is 2. The molecule has 0 heterocycles. The quantitative estimate of drug-likeness (QED) is 0.844. The van der Waals surface area contributed by atoms with Gasteiger partial charge < -0.3 is 9.84 Å². The number of alkyl halides is 5. The van der Waals surface area contributed by atoms with Crippen LogP contribution in [0.4, 0.5) is 22.0 Å². The maximum atomic E-state index is 12.2. The van der Waals surface area contributed by atoms with E-state index in [1.54, 1.807) is 0 Å². The van der Waals surface area contributed by atoms with Crippen LogP contribution < -0.4 is 4.74 Å². The smallest absolute Gasteiger partial charge is 0.478 e. The van der Waals surface area contributed by atoms with Gasteiger partial charge in [-0.3, -0.25) is 0 Å². The molecule has 1 N–H and O–H groups in total. The predicted octanol–water partition coefficient (Wildman–Crippen LogP) is 3.22. The first-order valence-electron chi connectivity index (χ1n) is 4.12. The number of halogens is 5. The van der Waals surface area contributed by atoms with Gasteiger partial charge in [-0.15, -0.1) is 13.2 Å². The first kappa shape index (κ1) is 13.2. The van der Waals surface area contributed by atoms with Gasteiger partial charge in [0.15, 0.2) is 0 Å². The van der Waals surface area contributed by atoms with E-state index in [0.29, 0.717) is 18.2 Å². The Hall–Kier alpha value is -1.86. The molecular formula is C9H5F5O3. The minimum atomic E-state index is -5.09. The van der Waals surface area contributed by atoms with Crippen molar-refractivity contribution in [3.63, 3.8) is 0 Å². The molecule has 0 amide bonds. The number of rotatable bonds is 3. The third kappa shape index (κ3) is 3.58. The van der Waals surface area contributed by atoms with E-state index in [1.165, 1.54) is 0 Å². The van der Waals surface area contributed by atoms with Gasteiger partial charge >= 0.3 is 12.3 Å². The molecule has 0 fully saturated rings. The molecule has 0 saturated heterocycles. The van der Waals surface area contributed by atoms with E-state index in [4.69, 9.17) is 5.11 Å². The third-order valence-corrected chi connectivity index (χ3v) is 1.71. The zero-order valence-electron chi connectivity index (χ0n) is 7.96. The molecule has 17 heavy (non-hydrogen) atoms. The lowest BCUT2D eigenvalue weighted by Gasteiger charge is -2.12. The van der Waals surface area contributed by atoms with Crippen LogP contribution in [0, 0.1) is 0 Å². The molecule has 3 nitrogen and oxygen atoms in total. The zero-order valence-corrected chi connectivity index (χ0v) is 7.96. The summed E-state index contributed by atoms with van der Waals surface area (Å²) in [5.74, 6) is -2.82. The van der Waals surface area contributed by atoms with Gasteiger partial charge in [0.05, 0.1) is 0 Å². The predicted molar refractivity (Wildman–Crippen MR) is 45.0 cm³/mol. The van der Waals surface area contributed by atoms with Crippen LogP contribution in [0.15, 0.2) is 18.2 Å². The lowest BCUT2D eigenvalue weighted by Crippen LogP contribution is -2.19. The second-order valence-electron chi connectivity index (χ2n) is 2.91. The summed E-state index contributed by atoms with van der Waals surface area (Å²) in [7, 11) is 0. The fourth-order valence-corrected chi connectivity index (χ4v) is 1.06. The lowest BCUT2D eigenvalue weighted by atomic mass is 10.1. The highest BCUT2D eigenvalue weighted by Crippen LogP contribution is 2.30. The number of ether oxygens (including phenoxy) is 1. The van der Waals surface area contributed by atoms with Gasteiger partial charge in [-0.2, -0.15) is 0 Å². The van der Waals surface area contributed by atoms with Gasteiger partial charge in [-0.05, 0) is 18.2 Å². The largest absolute Gasteiger partial charge is 0.573 e. The number of carbonyl (C=O) groups is 1. The van der Waals surface area contributed by atoms with Crippen LogP contribution in [0.5, 0.6) is 5.75 Å². The summed E-state index contributed by atoms with van der Waals surface area (Å²) >= 11 is 0. The summed E-state index contributed by atoms with van der Waals surface area (Å²) in [4.78, 5) is 10.6. The van der Waals surface area contributed by atoms with Gasteiger partial charge in [0.1, 0.15) is 11.3 Å². The summed E-state index contributed by atoms with van der Waals surface area (Å²) in [6.07, 6.45) is -8.07. The molecule has 0 aliphatic rings. The Morgan fingerprint density at radius 1 is 1.29 bits per heavy atom. The van der Waals surface area contributed by atoms with Crippen LogP contribution in [0.2, 0.25) is 0 Å². The van der Waals surface area contributed by atoms with Crippen LogP contribution in [-0.2, 0) is 0 Å². The van der Waals surface area contributed by atoms with Crippen molar-refractivity contribution in [3.8, 4) is 5.75 Å². The number of hydrogen-bond donors (Lipinski definition) is 1. The maximum Gasteiger partial charge on any atom is 0.573 e. The normalized spacial score (nSPS) is 11.6. The monoisotopic (exact) mass is 256 g/mol. The van der Waals surface area contributed by atoms with Gasteiger partial charge in [0.2, 0.25) is 0 Å². The van der Waals surface area contributed by atoms with Crippen molar-refractivity contribution in [1.82, 2.24) is 0 Å². The van der Waals surface area contributed by atoms with Crippen molar-refractivity contribution in [2.45, 2.75) is 12.8 Å². The van der Waals surface area contributed by atoms with E-state index in [9.17, 15) is 26.7 Å². The van der Waals surface area contributed by atoms with Crippen molar-refractivity contribution < 1.29 is 36.6 Å². The molecule has 1 aromatic carbocycles. The molecule has 94 valence electrons. The van der Waals surface area contributed by atoms with E-state index >= 15 is 0 Å². The van der Waals surface area contributed by atoms with E-state index in [0.717, 1.165) is 0 Å². The Kier molecular flexibility index (Phi) is 3.54. The molecule has 0 atom stereocenters. The van der Waals surface area contributed by atoms with Crippen molar-refractivity contribution in [1.29, 1.82) is 0 Å². The van der Waals surface area contributed by atoms with Crippen LogP contribution in [0.1, 0.15) is 22.3 Å². The average molecular weight is 256 g/mol. The van der Waals surface area contributed by atoms with Crippen LogP contribution in [0.25, 0.3) is 0 Å². The molecule has 0 aromatic heterocycles. The zero-order chi connectivity index (χ0) is 13.2. The summed E-state index contributed by atoms with van der Waals surface area (Å²) in [5, 5.41) is 8.58. The molecule has 0 aliphatic carbocycles. The first-order valence-corrected chi connectivity index (χ1v) is 4.12. The second-order valence-corrected chi connectivity index (χ2v) is 2.91. The maximum absolute atomic E-state index is 12.2. The minimum absolute atomic E-state index is 0.439. The Bertz CT molecular complexity index is 427. The number of carboxylic acids is 1. The second kappa shape index (κ2) is 4.56. The molecule has 8 heteroatoms. The fraction of sp³-hybridized carbons (Fsp3) is 0.222. The highest BCUT2D eigenvalue weighted by Gasteiger charge is 2.33. The van der Waals surface area contributed by atoms with Gasteiger partial charge in [0, 0.05) is 5.56 Å². The summed E-state index contributed by atoms with van der Waals surface area (Å²) in [6, 6.07) is 1.64. The standard InChI is InChI=1S/C9H5F5O3/c10-7(11)4-1-2-6(17-9(12,13)14)5(3-4)8(15)16/h1-3,7H,(H,15,16). The number of carboxylic acid groups (broad SMARTS) is 1. The summed E-state index contributed by atoms with van der Waals surface area (Å²) < 4.78 is 63.5. The van der Waals surface area contributed by atoms with E-state index < -0.39 is 35.6 Å². The Labute approximate surface area is 91.4 Å². The molecule has 0 spiro atoms. The third-order valence-electron chi connectivity index (χ3n) is 1.71. The summed E-state index contributed by atoms with van der Waals surface area (Å²) in [5.41, 5.74) is -1.67. The Balaban J connectivity index is 3.18. The van der Waals surface area contributed by atoms with E-state index in [2.05, 4.69) is 4.74 Å². The molecule has 0 saturated carbocycles. The van der Waals surface area contributed by atoms with Crippen LogP contribution >= 0.6 is 0 Å². The van der Waals surface area contributed by atoms with Crippen LogP contribution in [-0.4, -0.2) is 17.4 Å². The number of benzene rings is 1. The van der Waals surface area contributed by atoms with E-state index in [-0.39, 0.29) is 0 Å². The van der Waals surface area contributed by atoms with Crippen molar-refractivity contribution in [2.24, 2.45) is 0 Å². The molecule has 1 aromatic rings. The highest BCUT2D eigenvalue weighted by atomic mass is 19.4. The Morgan fingerprint density at radius 2 is 1.88 bits per heavy atom. The fourth-order valence-electron chi connectivity index (χ4n) is 1.06. The summed E-state index contributed by atoms with van der Waals surface area (Å²) in [6.45, 7) is 0. The average Bonchev–Trinajstić information content (AvgIpc) is 2.14. The minimum Gasteiger partial charge on any atom is -0.478 e. The SMILES string of the molecule is O=C(O)c1cc(C(F)F)ccc1OC(F)(F)F. The molecular weight excluding hydrogens is 251 g/mol. The first-order chi connectivity index (χ1) is 7.70. The van der Waals surface area contributed by atoms with Gasteiger partial charge in [0.25, 0.3) is 6.43 Å². The molecule has 0 aliphatic heterocycles. The Morgan fingerprint density at radius 3 is 2.29 bits per heavy atom. The van der Waals surface area contributed by atoms with Crippen molar-refractivity contribution in [3.05, 3.63) is 29.3 Å². The molecule has 0 bridgehead atoms. The number of aromatic carboxylic acids is 1. The van der Waals surface area contributed by atoms with Gasteiger partial charge in [-0.25, -0.2) is 13.6 Å². The topological polar surface area (TPSA) is 46.5 Å². The van der Waals surface area contributed by atoms with Gasteiger partial charge in [-0.1, -0.05) is 0 Å². The van der Waals surface area contributed by atoms with E-state index in [1.807, 2.05) is 0 Å². The van der Waals surface area contributed by atoms with Crippen molar-refractivity contribution >= 4 is 5.97 Å². The molecule has 0 unspecified atom stereocenters. The molecule has 0 radical (unpaired) electrons. The lowest BCUT2D eigenvalue weighted by molar-refractivity contribution is -0.274. The van der Waals surface area contributed by atoms with Crippen LogP contribution in [0.3, 0.4) is 0 Å². The van der Waals surface area contributed by atoms with Crippen molar-refractivity contribution in [2.75, 3.05) is 0 Å². The highest BCUT2D eigenvalue weighted by molar-refractivity contribution is 5.91.